The third-order valence-corrected chi connectivity index (χ3v) is 6.55. The Hall–Kier alpha value is -2.15. The molecule has 0 aromatic heterocycles. The minimum absolute atomic E-state index is 0.0780. The topological polar surface area (TPSA) is 64.1 Å². The number of benzene rings is 1. The van der Waals surface area contributed by atoms with Gasteiger partial charge in [0.05, 0.1) is 12.0 Å². The largest absolute Gasteiger partial charge is 0.481 e. The summed E-state index contributed by atoms with van der Waals surface area (Å²) in [5, 5.41) is 9.68. The molecule has 0 spiro atoms. The number of carboxylic acid groups (broad SMARTS) is 1. The smallest absolute Gasteiger partial charge is 0.311 e. The Morgan fingerprint density at radius 3 is 2.48 bits per heavy atom. The number of piperazine rings is 1. The van der Waals surface area contributed by atoms with Crippen molar-refractivity contribution in [3.8, 4) is 0 Å². The molecule has 4 rings (SSSR count). The van der Waals surface area contributed by atoms with Crippen LogP contribution in [0.5, 0.6) is 0 Å². The summed E-state index contributed by atoms with van der Waals surface area (Å²) >= 11 is 0. The van der Waals surface area contributed by atoms with Crippen molar-refractivity contribution in [2.75, 3.05) is 50.7 Å². The first kappa shape index (κ1) is 18.2. The van der Waals surface area contributed by atoms with Gasteiger partial charge in [-0.3, -0.25) is 14.5 Å². The van der Waals surface area contributed by atoms with Crippen LogP contribution in [0.15, 0.2) is 24.3 Å². The number of hydrogen-bond acceptors (Lipinski definition) is 4. The van der Waals surface area contributed by atoms with Crippen LogP contribution >= 0.6 is 0 Å². The first-order valence-corrected chi connectivity index (χ1v) is 9.72. The van der Waals surface area contributed by atoms with Crippen molar-refractivity contribution >= 4 is 17.6 Å². The lowest BCUT2D eigenvalue weighted by molar-refractivity contribution is -0.149. The fourth-order valence-electron chi connectivity index (χ4n) is 5.02. The molecule has 1 aliphatic carbocycles. The molecule has 1 aromatic carbocycles. The number of carboxylic acids is 1. The van der Waals surface area contributed by atoms with E-state index in [9.17, 15) is 19.1 Å². The van der Waals surface area contributed by atoms with Crippen molar-refractivity contribution in [2.45, 2.75) is 19.3 Å². The van der Waals surface area contributed by atoms with E-state index in [1.54, 1.807) is 12.1 Å². The summed E-state index contributed by atoms with van der Waals surface area (Å²) in [6, 6.07) is 6.44. The van der Waals surface area contributed by atoms with E-state index in [0.717, 1.165) is 38.0 Å². The molecule has 3 aliphatic rings. The number of aliphatic carboxylic acids is 1. The van der Waals surface area contributed by atoms with Gasteiger partial charge in [-0.2, -0.15) is 0 Å². The maximum absolute atomic E-state index is 13.1. The molecule has 1 amide bonds. The van der Waals surface area contributed by atoms with Gasteiger partial charge in [0.1, 0.15) is 5.82 Å². The number of hydrogen-bond donors (Lipinski definition) is 1. The van der Waals surface area contributed by atoms with Gasteiger partial charge in [0, 0.05) is 45.0 Å². The second kappa shape index (κ2) is 7.11. The highest BCUT2D eigenvalue weighted by Crippen LogP contribution is 2.48. The zero-order valence-corrected chi connectivity index (χ0v) is 15.4. The third kappa shape index (κ3) is 3.40. The fourth-order valence-corrected chi connectivity index (χ4v) is 5.02. The van der Waals surface area contributed by atoms with Gasteiger partial charge < -0.3 is 14.9 Å². The van der Waals surface area contributed by atoms with E-state index in [1.165, 1.54) is 12.1 Å². The maximum Gasteiger partial charge on any atom is 0.311 e. The van der Waals surface area contributed by atoms with Crippen LogP contribution in [0.25, 0.3) is 0 Å². The predicted octanol–water partition coefficient (Wildman–Crippen LogP) is 1.66. The Bertz CT molecular complexity index is 718. The Morgan fingerprint density at radius 2 is 1.85 bits per heavy atom. The standard InChI is InChI=1S/C20H26FN3O3/c21-16-3-5-17(6-4-16)23-8-10-24(11-9-23)18(25)13-22-12-15-2-1-7-20(15,14-22)19(26)27/h3-6,15H,1-2,7-14H2,(H,26,27)/t15-,20+/m0/s1. The predicted molar refractivity (Wildman–Crippen MR) is 99.0 cm³/mol. The van der Waals surface area contributed by atoms with Crippen LogP contribution in [0, 0.1) is 17.2 Å². The molecule has 0 unspecified atom stereocenters. The number of fused-ring (bicyclic) bond motifs is 1. The Kier molecular flexibility index (Phi) is 4.80. The van der Waals surface area contributed by atoms with E-state index in [1.807, 2.05) is 9.80 Å². The number of carbonyl (C=O) groups is 2. The van der Waals surface area contributed by atoms with E-state index >= 15 is 0 Å². The summed E-state index contributed by atoms with van der Waals surface area (Å²) in [5.74, 6) is -0.692. The average Bonchev–Trinajstić information content (AvgIpc) is 3.20. The minimum atomic E-state index is -0.701. The van der Waals surface area contributed by atoms with Gasteiger partial charge >= 0.3 is 5.97 Å². The quantitative estimate of drug-likeness (QED) is 0.867. The van der Waals surface area contributed by atoms with Crippen LogP contribution in [-0.2, 0) is 9.59 Å². The lowest BCUT2D eigenvalue weighted by Crippen LogP contribution is -2.51. The summed E-state index contributed by atoms with van der Waals surface area (Å²) in [4.78, 5) is 30.5. The van der Waals surface area contributed by atoms with E-state index < -0.39 is 11.4 Å². The lowest BCUT2D eigenvalue weighted by Gasteiger charge is -2.36. The summed E-state index contributed by atoms with van der Waals surface area (Å²) in [5.41, 5.74) is 0.334. The molecular weight excluding hydrogens is 349 g/mol. The van der Waals surface area contributed by atoms with Gasteiger partial charge in [-0.05, 0) is 43.0 Å². The van der Waals surface area contributed by atoms with Crippen LogP contribution in [0.2, 0.25) is 0 Å². The molecule has 0 bridgehead atoms. The van der Waals surface area contributed by atoms with E-state index in [4.69, 9.17) is 0 Å². The second-order valence-electron chi connectivity index (χ2n) is 8.06. The SMILES string of the molecule is O=C(CN1C[C@@H]2CCC[C@@]2(C(=O)O)C1)N1CCN(c2ccc(F)cc2)CC1. The van der Waals surface area contributed by atoms with Gasteiger partial charge in [0.15, 0.2) is 0 Å². The van der Waals surface area contributed by atoms with Crippen LogP contribution in [0.3, 0.4) is 0 Å². The second-order valence-corrected chi connectivity index (χ2v) is 8.06. The van der Waals surface area contributed by atoms with Crippen LogP contribution in [0.4, 0.5) is 10.1 Å². The van der Waals surface area contributed by atoms with Crippen molar-refractivity contribution in [3.63, 3.8) is 0 Å². The molecular formula is C20H26FN3O3. The number of halogens is 1. The van der Waals surface area contributed by atoms with Gasteiger partial charge in [-0.15, -0.1) is 0 Å². The average molecular weight is 375 g/mol. The van der Waals surface area contributed by atoms with E-state index in [2.05, 4.69) is 4.90 Å². The number of nitrogens with zero attached hydrogens (tertiary/aromatic N) is 3. The molecule has 1 N–H and O–H groups in total. The van der Waals surface area contributed by atoms with Crippen LogP contribution < -0.4 is 4.90 Å². The van der Waals surface area contributed by atoms with Crippen LogP contribution in [0.1, 0.15) is 19.3 Å². The molecule has 1 saturated carbocycles. The molecule has 146 valence electrons. The summed E-state index contributed by atoms with van der Waals surface area (Å²) < 4.78 is 13.1. The zero-order valence-electron chi connectivity index (χ0n) is 15.4. The number of likely N-dealkylation sites (tertiary alicyclic amines) is 1. The molecule has 0 radical (unpaired) electrons. The summed E-state index contributed by atoms with van der Waals surface area (Å²) in [6.45, 7) is 4.23. The summed E-state index contributed by atoms with van der Waals surface area (Å²) in [7, 11) is 0. The third-order valence-electron chi connectivity index (χ3n) is 6.55. The van der Waals surface area contributed by atoms with Crippen LogP contribution in [-0.4, -0.2) is 72.6 Å². The van der Waals surface area contributed by atoms with Gasteiger partial charge in [0.2, 0.25) is 5.91 Å². The van der Waals surface area contributed by atoms with Crippen molar-refractivity contribution in [1.29, 1.82) is 0 Å². The highest BCUT2D eigenvalue weighted by atomic mass is 19.1. The fraction of sp³-hybridized carbons (Fsp3) is 0.600. The molecule has 2 atom stereocenters. The number of carbonyl (C=O) groups excluding carboxylic acids is 1. The van der Waals surface area contributed by atoms with Gasteiger partial charge in [-0.25, -0.2) is 4.39 Å². The normalized spacial score (nSPS) is 28.4. The number of amides is 1. The molecule has 2 aliphatic heterocycles. The molecule has 3 fully saturated rings. The zero-order chi connectivity index (χ0) is 19.0. The molecule has 1 aromatic rings. The molecule has 2 saturated heterocycles. The highest BCUT2D eigenvalue weighted by Gasteiger charge is 2.54. The number of anilines is 1. The van der Waals surface area contributed by atoms with Crippen molar-refractivity contribution in [3.05, 3.63) is 30.1 Å². The van der Waals surface area contributed by atoms with Crippen molar-refractivity contribution < 1.29 is 19.1 Å². The Morgan fingerprint density at radius 1 is 1.15 bits per heavy atom. The first-order chi connectivity index (χ1) is 13.0. The summed E-state index contributed by atoms with van der Waals surface area (Å²) in [6.07, 6.45) is 2.66. The van der Waals surface area contributed by atoms with Crippen molar-refractivity contribution in [2.24, 2.45) is 11.3 Å². The Labute approximate surface area is 158 Å². The molecule has 2 heterocycles. The Balaban J connectivity index is 1.30. The highest BCUT2D eigenvalue weighted by molar-refractivity contribution is 5.80. The molecule has 7 heteroatoms. The molecule has 6 nitrogen and oxygen atoms in total. The minimum Gasteiger partial charge on any atom is -0.481 e. The van der Waals surface area contributed by atoms with Gasteiger partial charge in [-0.1, -0.05) is 6.42 Å². The monoisotopic (exact) mass is 375 g/mol. The lowest BCUT2D eigenvalue weighted by atomic mass is 9.81. The van der Waals surface area contributed by atoms with E-state index in [0.29, 0.717) is 32.7 Å². The number of rotatable bonds is 4. The molecule has 27 heavy (non-hydrogen) atoms. The maximum atomic E-state index is 13.1. The first-order valence-electron chi connectivity index (χ1n) is 9.72. The van der Waals surface area contributed by atoms with Gasteiger partial charge in [0.25, 0.3) is 0 Å². The van der Waals surface area contributed by atoms with Crippen molar-refractivity contribution in [1.82, 2.24) is 9.80 Å². The van der Waals surface area contributed by atoms with E-state index in [-0.39, 0.29) is 17.6 Å².